The zero-order valence-corrected chi connectivity index (χ0v) is 10.5. The first-order valence-corrected chi connectivity index (χ1v) is 5.57. The standard InChI is InChI=1S/C12H9BrO4/c1-16-12(15)17-11-6-8-4-9(13)3-2-7(8)5-10(11)14/h2-6,14H,1H3. The third kappa shape index (κ3) is 2.50. The van der Waals surface area contributed by atoms with Crippen LogP contribution in [0, 0.1) is 0 Å². The largest absolute Gasteiger partial charge is 0.513 e. The van der Waals surface area contributed by atoms with Gasteiger partial charge in [-0.1, -0.05) is 22.0 Å². The van der Waals surface area contributed by atoms with Gasteiger partial charge in [0.1, 0.15) is 0 Å². The molecule has 2 aromatic rings. The average Bonchev–Trinajstić information content (AvgIpc) is 2.30. The number of hydrogen-bond donors (Lipinski definition) is 1. The van der Waals surface area contributed by atoms with Crippen molar-refractivity contribution in [3.63, 3.8) is 0 Å². The number of phenolic OH excluding ortho intramolecular Hbond substituents is 1. The van der Waals surface area contributed by atoms with E-state index < -0.39 is 6.16 Å². The first kappa shape index (κ1) is 11.7. The quantitative estimate of drug-likeness (QED) is 0.647. The van der Waals surface area contributed by atoms with E-state index in [1.165, 1.54) is 13.2 Å². The molecule has 0 fully saturated rings. The van der Waals surface area contributed by atoms with Gasteiger partial charge in [0, 0.05) is 4.47 Å². The highest BCUT2D eigenvalue weighted by molar-refractivity contribution is 9.10. The Morgan fingerprint density at radius 3 is 2.71 bits per heavy atom. The molecule has 88 valence electrons. The molecular formula is C12H9BrO4. The molecule has 0 amide bonds. The number of carbonyl (C=O) groups excluding carboxylic acids is 1. The fourth-order valence-electron chi connectivity index (χ4n) is 1.45. The summed E-state index contributed by atoms with van der Waals surface area (Å²) in [6.45, 7) is 0. The van der Waals surface area contributed by atoms with Crippen molar-refractivity contribution in [2.24, 2.45) is 0 Å². The molecule has 0 bridgehead atoms. The van der Waals surface area contributed by atoms with Gasteiger partial charge in [-0.2, -0.15) is 0 Å². The third-order valence-electron chi connectivity index (χ3n) is 2.24. The normalized spacial score (nSPS) is 10.2. The summed E-state index contributed by atoms with van der Waals surface area (Å²) in [5, 5.41) is 11.4. The Hall–Kier alpha value is -1.75. The van der Waals surface area contributed by atoms with E-state index in [1.54, 1.807) is 6.07 Å². The lowest BCUT2D eigenvalue weighted by atomic mass is 10.1. The van der Waals surface area contributed by atoms with E-state index in [9.17, 15) is 9.90 Å². The van der Waals surface area contributed by atoms with Gasteiger partial charge < -0.3 is 14.6 Å². The van der Waals surface area contributed by atoms with Crippen LogP contribution >= 0.6 is 15.9 Å². The molecule has 0 aliphatic heterocycles. The second-order valence-electron chi connectivity index (χ2n) is 3.37. The molecule has 0 atom stereocenters. The molecule has 1 N–H and O–H groups in total. The van der Waals surface area contributed by atoms with Crippen molar-refractivity contribution >= 4 is 32.9 Å². The molecule has 0 saturated carbocycles. The number of rotatable bonds is 1. The Kier molecular flexibility index (Phi) is 3.19. The number of halogens is 1. The van der Waals surface area contributed by atoms with Crippen LogP contribution < -0.4 is 4.74 Å². The zero-order chi connectivity index (χ0) is 12.4. The summed E-state index contributed by atoms with van der Waals surface area (Å²) in [5.41, 5.74) is 0. The SMILES string of the molecule is COC(=O)Oc1cc2cc(Br)ccc2cc1O. The number of methoxy groups -OCH3 is 1. The first-order valence-electron chi connectivity index (χ1n) is 4.78. The number of hydrogen-bond acceptors (Lipinski definition) is 4. The molecular weight excluding hydrogens is 288 g/mol. The van der Waals surface area contributed by atoms with Gasteiger partial charge in [-0.05, 0) is 35.0 Å². The van der Waals surface area contributed by atoms with Crippen molar-refractivity contribution in [2.45, 2.75) is 0 Å². The summed E-state index contributed by atoms with van der Waals surface area (Å²) in [6.07, 6.45) is -0.866. The van der Waals surface area contributed by atoms with E-state index in [2.05, 4.69) is 20.7 Å². The van der Waals surface area contributed by atoms with Crippen LogP contribution in [0.15, 0.2) is 34.8 Å². The van der Waals surface area contributed by atoms with Gasteiger partial charge in [0.25, 0.3) is 0 Å². The Bertz CT molecular complexity index is 580. The van der Waals surface area contributed by atoms with Crippen LogP contribution in [0.25, 0.3) is 10.8 Å². The minimum Gasteiger partial charge on any atom is -0.504 e. The lowest BCUT2D eigenvalue weighted by molar-refractivity contribution is 0.120. The maximum Gasteiger partial charge on any atom is 0.513 e. The van der Waals surface area contributed by atoms with Crippen molar-refractivity contribution in [2.75, 3.05) is 7.11 Å². The first-order chi connectivity index (χ1) is 8.10. The third-order valence-corrected chi connectivity index (χ3v) is 2.73. The molecule has 2 rings (SSSR count). The molecule has 0 aromatic heterocycles. The molecule has 0 radical (unpaired) electrons. The van der Waals surface area contributed by atoms with Crippen molar-refractivity contribution in [3.8, 4) is 11.5 Å². The highest BCUT2D eigenvalue weighted by Gasteiger charge is 2.10. The smallest absolute Gasteiger partial charge is 0.504 e. The van der Waals surface area contributed by atoms with E-state index in [0.717, 1.165) is 15.2 Å². The van der Waals surface area contributed by atoms with Crippen molar-refractivity contribution in [3.05, 3.63) is 34.8 Å². The Labute approximate surface area is 106 Å². The molecule has 0 heterocycles. The monoisotopic (exact) mass is 296 g/mol. The van der Waals surface area contributed by atoms with Gasteiger partial charge >= 0.3 is 6.16 Å². The Morgan fingerprint density at radius 1 is 1.24 bits per heavy atom. The Balaban J connectivity index is 2.49. The molecule has 0 spiro atoms. The number of phenols is 1. The molecule has 2 aromatic carbocycles. The summed E-state index contributed by atoms with van der Waals surface area (Å²) in [6, 6.07) is 8.68. The van der Waals surface area contributed by atoms with E-state index in [4.69, 9.17) is 4.74 Å². The lowest BCUT2D eigenvalue weighted by Gasteiger charge is -2.07. The predicted octanol–water partition coefficient (Wildman–Crippen LogP) is 3.45. The van der Waals surface area contributed by atoms with E-state index in [0.29, 0.717) is 0 Å². The van der Waals surface area contributed by atoms with Gasteiger partial charge in [0.15, 0.2) is 11.5 Å². The highest BCUT2D eigenvalue weighted by atomic mass is 79.9. The van der Waals surface area contributed by atoms with Crippen molar-refractivity contribution in [1.82, 2.24) is 0 Å². The molecule has 17 heavy (non-hydrogen) atoms. The number of ether oxygens (including phenoxy) is 2. The van der Waals surface area contributed by atoms with Gasteiger partial charge in [0.05, 0.1) is 7.11 Å². The average molecular weight is 297 g/mol. The fourth-order valence-corrected chi connectivity index (χ4v) is 1.83. The van der Waals surface area contributed by atoms with Crippen LogP contribution in [-0.2, 0) is 4.74 Å². The number of carbonyl (C=O) groups is 1. The van der Waals surface area contributed by atoms with Gasteiger partial charge in [-0.3, -0.25) is 0 Å². The van der Waals surface area contributed by atoms with Crippen molar-refractivity contribution in [1.29, 1.82) is 0 Å². The minimum atomic E-state index is -0.866. The van der Waals surface area contributed by atoms with E-state index in [1.807, 2.05) is 18.2 Å². The molecule has 5 heteroatoms. The van der Waals surface area contributed by atoms with Crippen molar-refractivity contribution < 1.29 is 19.4 Å². The van der Waals surface area contributed by atoms with Crippen LogP contribution in [0.5, 0.6) is 11.5 Å². The van der Waals surface area contributed by atoms with Gasteiger partial charge in [0.2, 0.25) is 0 Å². The molecule has 0 unspecified atom stereocenters. The maximum atomic E-state index is 11.0. The van der Waals surface area contributed by atoms with E-state index in [-0.39, 0.29) is 11.5 Å². The molecule has 0 saturated heterocycles. The molecule has 0 aliphatic rings. The summed E-state index contributed by atoms with van der Waals surface area (Å²) >= 11 is 3.35. The molecule has 4 nitrogen and oxygen atoms in total. The number of benzene rings is 2. The summed E-state index contributed by atoms with van der Waals surface area (Å²) in [7, 11) is 1.21. The van der Waals surface area contributed by atoms with Crippen LogP contribution in [-0.4, -0.2) is 18.4 Å². The fraction of sp³-hybridized carbons (Fsp3) is 0.0833. The Morgan fingerprint density at radius 2 is 2.00 bits per heavy atom. The topological polar surface area (TPSA) is 55.8 Å². The predicted molar refractivity (Wildman–Crippen MR) is 66.3 cm³/mol. The summed E-state index contributed by atoms with van der Waals surface area (Å²) in [4.78, 5) is 11.0. The minimum absolute atomic E-state index is 0.0717. The van der Waals surface area contributed by atoms with Crippen LogP contribution in [0.1, 0.15) is 0 Å². The number of aromatic hydroxyl groups is 1. The zero-order valence-electron chi connectivity index (χ0n) is 8.94. The van der Waals surface area contributed by atoms with Crippen LogP contribution in [0.2, 0.25) is 0 Å². The highest BCUT2D eigenvalue weighted by Crippen LogP contribution is 2.32. The number of fused-ring (bicyclic) bond motifs is 1. The van der Waals surface area contributed by atoms with Gasteiger partial charge in [-0.25, -0.2) is 4.79 Å². The summed E-state index contributed by atoms with van der Waals surface area (Å²) in [5.74, 6) is -0.0346. The second-order valence-corrected chi connectivity index (χ2v) is 4.28. The van der Waals surface area contributed by atoms with E-state index >= 15 is 0 Å². The second kappa shape index (κ2) is 4.63. The van der Waals surface area contributed by atoms with Crippen LogP contribution in [0.3, 0.4) is 0 Å². The summed E-state index contributed by atoms with van der Waals surface area (Å²) < 4.78 is 10.1. The van der Waals surface area contributed by atoms with Crippen LogP contribution in [0.4, 0.5) is 4.79 Å². The molecule has 0 aliphatic carbocycles. The van der Waals surface area contributed by atoms with Gasteiger partial charge in [-0.15, -0.1) is 0 Å². The maximum absolute atomic E-state index is 11.0. The lowest BCUT2D eigenvalue weighted by Crippen LogP contribution is -2.07.